The van der Waals surface area contributed by atoms with Gasteiger partial charge in [0.05, 0.1) is 10.6 Å². The highest BCUT2D eigenvalue weighted by Gasteiger charge is 2.34. The zero-order chi connectivity index (χ0) is 20.5. The minimum Gasteiger partial charge on any atom is -0.447 e. The molecule has 146 valence electrons. The topological polar surface area (TPSA) is 111 Å². The number of non-ortho nitro benzene ring substituents is 1. The number of carbonyl (C=O) groups is 1. The van der Waals surface area contributed by atoms with E-state index in [2.05, 4.69) is 15.2 Å². The number of nitrogens with zero attached hydrogens (tertiary/aromatic N) is 5. The highest BCUT2D eigenvalue weighted by Crippen LogP contribution is 2.43. The van der Waals surface area contributed by atoms with Crippen molar-refractivity contribution >= 4 is 29.0 Å². The number of nitro benzene ring substituents is 1. The minimum absolute atomic E-state index is 0.0498. The standard InChI is InChI=1S/C19H15N5O4S/c1-11(25)23-15-6-4-3-5-14(15)16-17(20-19(29-2)22-21-16)28-18(23)12-7-9-13(10-8-12)24(26)27/h3-10,18H,1-2H3. The number of benzene rings is 2. The van der Waals surface area contributed by atoms with E-state index in [1.54, 1.807) is 18.2 Å². The second-order valence-corrected chi connectivity index (χ2v) is 6.95. The van der Waals surface area contributed by atoms with E-state index in [4.69, 9.17) is 4.74 Å². The summed E-state index contributed by atoms with van der Waals surface area (Å²) >= 11 is 1.32. The largest absolute Gasteiger partial charge is 0.447 e. The second kappa shape index (κ2) is 7.47. The van der Waals surface area contributed by atoms with Crippen molar-refractivity contribution in [3.63, 3.8) is 0 Å². The minimum atomic E-state index is -0.873. The van der Waals surface area contributed by atoms with Crippen LogP contribution < -0.4 is 9.64 Å². The number of nitro groups is 1. The van der Waals surface area contributed by atoms with Crippen LogP contribution in [0.4, 0.5) is 11.4 Å². The molecule has 1 atom stereocenters. The Bertz CT molecular complexity index is 1110. The lowest BCUT2D eigenvalue weighted by Gasteiger charge is -2.29. The van der Waals surface area contributed by atoms with Gasteiger partial charge in [-0.2, -0.15) is 4.98 Å². The first-order valence-corrected chi connectivity index (χ1v) is 9.81. The smallest absolute Gasteiger partial charge is 0.269 e. The molecule has 29 heavy (non-hydrogen) atoms. The monoisotopic (exact) mass is 409 g/mol. The predicted molar refractivity (Wildman–Crippen MR) is 107 cm³/mol. The number of rotatable bonds is 3. The Kier molecular flexibility index (Phi) is 4.85. The third kappa shape index (κ3) is 3.38. The molecule has 2 aromatic carbocycles. The molecule has 9 nitrogen and oxygen atoms in total. The van der Waals surface area contributed by atoms with Crippen LogP contribution in [0.3, 0.4) is 0 Å². The third-order valence-corrected chi connectivity index (χ3v) is 4.96. The van der Waals surface area contributed by atoms with E-state index in [9.17, 15) is 14.9 Å². The molecule has 0 fully saturated rings. The summed E-state index contributed by atoms with van der Waals surface area (Å²) in [6.45, 7) is 1.43. The highest BCUT2D eigenvalue weighted by molar-refractivity contribution is 7.98. The molecule has 1 aliphatic heterocycles. The Morgan fingerprint density at radius 2 is 1.90 bits per heavy atom. The maximum Gasteiger partial charge on any atom is 0.269 e. The molecule has 1 aliphatic rings. The maximum absolute atomic E-state index is 12.6. The van der Waals surface area contributed by atoms with E-state index in [1.807, 2.05) is 24.5 Å². The molecular weight excluding hydrogens is 394 g/mol. The molecule has 0 aliphatic carbocycles. The lowest BCUT2D eigenvalue weighted by Crippen LogP contribution is -2.36. The Balaban J connectivity index is 1.92. The highest BCUT2D eigenvalue weighted by atomic mass is 32.2. The van der Waals surface area contributed by atoms with Crippen LogP contribution in [0.5, 0.6) is 5.88 Å². The molecular formula is C19H15N5O4S. The zero-order valence-corrected chi connectivity index (χ0v) is 16.3. The fourth-order valence-electron chi connectivity index (χ4n) is 3.12. The average Bonchev–Trinajstić information content (AvgIpc) is 2.87. The normalized spacial score (nSPS) is 15.0. The van der Waals surface area contributed by atoms with Crippen molar-refractivity contribution in [3.8, 4) is 17.1 Å². The van der Waals surface area contributed by atoms with E-state index in [0.717, 1.165) is 0 Å². The van der Waals surface area contributed by atoms with Gasteiger partial charge in [0.15, 0.2) is 5.69 Å². The van der Waals surface area contributed by atoms with Gasteiger partial charge >= 0.3 is 0 Å². The first kappa shape index (κ1) is 18.8. The van der Waals surface area contributed by atoms with Crippen molar-refractivity contribution < 1.29 is 14.5 Å². The number of hydrogen-bond acceptors (Lipinski definition) is 8. The Labute approximate surface area is 169 Å². The number of anilines is 1. The van der Waals surface area contributed by atoms with Crippen LogP contribution in [0.2, 0.25) is 0 Å². The number of carbonyl (C=O) groups excluding carboxylic acids is 1. The first-order valence-electron chi connectivity index (χ1n) is 8.58. The number of para-hydroxylation sites is 1. The van der Waals surface area contributed by atoms with Crippen LogP contribution in [0.15, 0.2) is 53.7 Å². The van der Waals surface area contributed by atoms with Gasteiger partial charge in [-0.05, 0) is 24.5 Å². The molecule has 2 heterocycles. The molecule has 0 N–H and O–H groups in total. The van der Waals surface area contributed by atoms with Gasteiger partial charge in [0.25, 0.3) is 5.69 Å². The lowest BCUT2D eigenvalue weighted by atomic mass is 10.1. The summed E-state index contributed by atoms with van der Waals surface area (Å²) in [6.07, 6.45) is 0.950. The molecule has 10 heteroatoms. The number of aromatic nitrogens is 3. The molecule has 1 aromatic heterocycles. The SMILES string of the molecule is CSc1nnc2c(n1)OC(c1ccc([N+](=O)[O-])cc1)N(C(C)=O)c1ccccc1-2. The number of fused-ring (bicyclic) bond motifs is 3. The van der Waals surface area contributed by atoms with Crippen molar-refractivity contribution in [2.24, 2.45) is 0 Å². The first-order chi connectivity index (χ1) is 14.0. The van der Waals surface area contributed by atoms with Crippen LogP contribution in [0, 0.1) is 10.1 Å². The summed E-state index contributed by atoms with van der Waals surface area (Å²) < 4.78 is 6.15. The van der Waals surface area contributed by atoms with Crippen molar-refractivity contribution in [1.29, 1.82) is 0 Å². The number of amides is 1. The summed E-state index contributed by atoms with van der Waals surface area (Å²) in [5.41, 5.74) is 2.20. The van der Waals surface area contributed by atoms with E-state index in [-0.39, 0.29) is 17.5 Å². The van der Waals surface area contributed by atoms with Crippen molar-refractivity contribution in [3.05, 3.63) is 64.2 Å². The summed E-state index contributed by atoms with van der Waals surface area (Å²) in [4.78, 5) is 29.1. The molecule has 3 aromatic rings. The van der Waals surface area contributed by atoms with E-state index < -0.39 is 11.2 Å². The zero-order valence-electron chi connectivity index (χ0n) is 15.5. The summed E-state index contributed by atoms with van der Waals surface area (Å²) in [7, 11) is 0. The fourth-order valence-corrected chi connectivity index (χ4v) is 3.41. The molecule has 1 amide bonds. The van der Waals surface area contributed by atoms with Crippen LogP contribution in [0.1, 0.15) is 18.7 Å². The quantitative estimate of drug-likeness (QED) is 0.366. The molecule has 0 radical (unpaired) electrons. The Morgan fingerprint density at radius 1 is 1.17 bits per heavy atom. The maximum atomic E-state index is 12.6. The molecule has 0 saturated carbocycles. The summed E-state index contributed by atoms with van der Waals surface area (Å²) in [5.74, 6) is -0.0180. The fraction of sp³-hybridized carbons (Fsp3) is 0.158. The van der Waals surface area contributed by atoms with Gasteiger partial charge in [-0.1, -0.05) is 30.0 Å². The molecule has 0 spiro atoms. The number of hydrogen-bond donors (Lipinski definition) is 0. The van der Waals surface area contributed by atoms with E-state index in [0.29, 0.717) is 27.7 Å². The Hall–Kier alpha value is -3.53. The van der Waals surface area contributed by atoms with Gasteiger partial charge in [-0.25, -0.2) is 0 Å². The summed E-state index contributed by atoms with van der Waals surface area (Å²) in [6, 6.07) is 13.1. The van der Waals surface area contributed by atoms with Crippen LogP contribution in [-0.2, 0) is 4.79 Å². The van der Waals surface area contributed by atoms with Crippen molar-refractivity contribution in [1.82, 2.24) is 15.2 Å². The molecule has 0 saturated heterocycles. The van der Waals surface area contributed by atoms with E-state index >= 15 is 0 Å². The van der Waals surface area contributed by atoms with Crippen LogP contribution in [-0.4, -0.2) is 32.3 Å². The molecule has 1 unspecified atom stereocenters. The number of ether oxygens (including phenoxy) is 1. The number of thioether (sulfide) groups is 1. The molecule has 4 rings (SSSR count). The van der Waals surface area contributed by atoms with Gasteiger partial charge in [0.2, 0.25) is 23.2 Å². The van der Waals surface area contributed by atoms with Gasteiger partial charge in [0.1, 0.15) is 0 Å². The third-order valence-electron chi connectivity index (χ3n) is 4.42. The van der Waals surface area contributed by atoms with Crippen LogP contribution in [0.25, 0.3) is 11.3 Å². The average molecular weight is 409 g/mol. The van der Waals surface area contributed by atoms with Gasteiger partial charge in [-0.3, -0.25) is 19.8 Å². The second-order valence-electron chi connectivity index (χ2n) is 6.18. The predicted octanol–water partition coefficient (Wildman–Crippen LogP) is 3.61. The van der Waals surface area contributed by atoms with E-state index in [1.165, 1.54) is 35.7 Å². The van der Waals surface area contributed by atoms with Crippen molar-refractivity contribution in [2.75, 3.05) is 11.2 Å². The summed E-state index contributed by atoms with van der Waals surface area (Å²) in [5, 5.41) is 19.8. The van der Waals surface area contributed by atoms with Gasteiger partial charge in [-0.15, -0.1) is 10.2 Å². The van der Waals surface area contributed by atoms with Crippen LogP contribution >= 0.6 is 11.8 Å². The van der Waals surface area contributed by atoms with Crippen molar-refractivity contribution in [2.45, 2.75) is 18.3 Å². The Morgan fingerprint density at radius 3 is 2.55 bits per heavy atom. The van der Waals surface area contributed by atoms with Gasteiger partial charge < -0.3 is 4.74 Å². The van der Waals surface area contributed by atoms with Gasteiger partial charge in [0, 0.05) is 30.2 Å². The lowest BCUT2D eigenvalue weighted by molar-refractivity contribution is -0.384. The molecule has 0 bridgehead atoms.